The number of nitrogens with one attached hydrogen (secondary N) is 2. The predicted molar refractivity (Wildman–Crippen MR) is 158 cm³/mol. The van der Waals surface area contributed by atoms with Crippen molar-refractivity contribution in [1.29, 1.82) is 0 Å². The molecule has 1 heterocycles. The maximum absolute atomic E-state index is 13.4. The Bertz CT molecular complexity index is 1270. The Balaban J connectivity index is 1.15. The molecular weight excluding hydrogens is 501 g/mol. The molecule has 210 valence electrons. The fourth-order valence-electron chi connectivity index (χ4n) is 5.87. The summed E-state index contributed by atoms with van der Waals surface area (Å²) in [5.74, 6) is 0.0197. The van der Waals surface area contributed by atoms with Crippen LogP contribution < -0.4 is 10.6 Å². The highest BCUT2D eigenvalue weighted by atomic mass is 19.1. The standard InChI is InChI=1S/C34H40FN3O2/c1-34(24-30(34)27-17-19-29(35)20-18-27)36-21-7-6-12-31(33(40)38-22-8-3-9-23-38)37-32(39)28-15-13-26(14-16-28)25-10-4-2-5-11-25/h2,4-5,10-11,13-20,30-31,36H,3,6-9,12,21-24H2,1H3,(H,37,39)/t30-,31-,34+/m0/s1. The number of carbonyl (C=O) groups excluding carboxylic acids is 2. The monoisotopic (exact) mass is 541 g/mol. The number of benzene rings is 3. The number of halogens is 1. The molecule has 3 aromatic rings. The van der Waals surface area contributed by atoms with Crippen molar-refractivity contribution in [2.75, 3.05) is 19.6 Å². The van der Waals surface area contributed by atoms with Crippen LogP contribution in [0.4, 0.5) is 4.39 Å². The fourth-order valence-corrected chi connectivity index (χ4v) is 5.87. The molecule has 2 fully saturated rings. The van der Waals surface area contributed by atoms with Crippen molar-refractivity contribution in [1.82, 2.24) is 15.5 Å². The molecule has 3 atom stereocenters. The van der Waals surface area contributed by atoms with Gasteiger partial charge in [-0.1, -0.05) is 54.6 Å². The summed E-state index contributed by atoms with van der Waals surface area (Å²) in [5, 5.41) is 6.73. The highest BCUT2D eigenvalue weighted by Crippen LogP contribution is 2.51. The van der Waals surface area contributed by atoms with E-state index >= 15 is 0 Å². The smallest absolute Gasteiger partial charge is 0.251 e. The minimum Gasteiger partial charge on any atom is -0.341 e. The lowest BCUT2D eigenvalue weighted by molar-refractivity contribution is -0.134. The highest BCUT2D eigenvalue weighted by Gasteiger charge is 2.50. The van der Waals surface area contributed by atoms with E-state index in [4.69, 9.17) is 0 Å². The summed E-state index contributed by atoms with van der Waals surface area (Å²) in [5.41, 5.74) is 3.91. The first-order chi connectivity index (χ1) is 19.4. The summed E-state index contributed by atoms with van der Waals surface area (Å²) in [4.78, 5) is 28.5. The van der Waals surface area contributed by atoms with Gasteiger partial charge in [0.05, 0.1) is 0 Å². The molecule has 5 rings (SSSR count). The number of piperidine rings is 1. The molecule has 3 aromatic carbocycles. The average Bonchev–Trinajstić information content (AvgIpc) is 3.68. The van der Waals surface area contributed by atoms with Gasteiger partial charge in [0.2, 0.25) is 5.91 Å². The van der Waals surface area contributed by atoms with Gasteiger partial charge in [0.25, 0.3) is 5.91 Å². The van der Waals surface area contributed by atoms with E-state index < -0.39 is 6.04 Å². The van der Waals surface area contributed by atoms with Crippen molar-refractivity contribution in [3.05, 3.63) is 95.8 Å². The third-order valence-corrected chi connectivity index (χ3v) is 8.48. The Hall–Kier alpha value is -3.51. The van der Waals surface area contributed by atoms with Gasteiger partial charge in [-0.05, 0) is 99.4 Å². The van der Waals surface area contributed by atoms with E-state index in [-0.39, 0.29) is 23.2 Å². The zero-order valence-electron chi connectivity index (χ0n) is 23.4. The van der Waals surface area contributed by atoms with E-state index in [2.05, 4.69) is 17.6 Å². The second kappa shape index (κ2) is 12.8. The number of hydrogen-bond acceptors (Lipinski definition) is 3. The number of nitrogens with zero attached hydrogens (tertiary/aromatic N) is 1. The SMILES string of the molecule is C[C@@]1(NCCCC[C@H](NC(=O)c2ccc(-c3ccccc3)cc2)C(=O)N2CCCCC2)C[C@H]1c1ccc(F)cc1. The van der Waals surface area contributed by atoms with Crippen LogP contribution >= 0.6 is 0 Å². The number of likely N-dealkylation sites (tertiary alicyclic amines) is 1. The summed E-state index contributed by atoms with van der Waals surface area (Å²) in [6, 6.07) is 23.9. The molecule has 2 N–H and O–H groups in total. The van der Waals surface area contributed by atoms with E-state index in [1.807, 2.05) is 71.6 Å². The minimum atomic E-state index is -0.525. The van der Waals surface area contributed by atoms with Gasteiger partial charge < -0.3 is 15.5 Å². The number of carbonyl (C=O) groups is 2. The molecule has 40 heavy (non-hydrogen) atoms. The first-order valence-electron chi connectivity index (χ1n) is 14.7. The zero-order valence-corrected chi connectivity index (χ0v) is 23.4. The second-order valence-electron chi connectivity index (χ2n) is 11.5. The van der Waals surface area contributed by atoms with Gasteiger partial charge in [-0.2, -0.15) is 0 Å². The van der Waals surface area contributed by atoms with Crippen molar-refractivity contribution in [3.8, 4) is 11.1 Å². The van der Waals surface area contributed by atoms with Crippen LogP contribution in [-0.4, -0.2) is 47.9 Å². The first kappa shape index (κ1) is 28.0. The van der Waals surface area contributed by atoms with Gasteiger partial charge in [-0.25, -0.2) is 4.39 Å². The van der Waals surface area contributed by atoms with Crippen LogP contribution in [0, 0.1) is 5.82 Å². The molecule has 0 spiro atoms. The third-order valence-electron chi connectivity index (χ3n) is 8.48. The molecule has 1 saturated carbocycles. The maximum atomic E-state index is 13.4. The molecule has 6 heteroatoms. The Kier molecular flexibility index (Phi) is 8.95. The fraction of sp³-hybridized carbons (Fsp3) is 0.412. The van der Waals surface area contributed by atoms with Crippen molar-refractivity contribution in [2.45, 2.75) is 69.4 Å². The molecule has 0 radical (unpaired) electrons. The lowest BCUT2D eigenvalue weighted by Gasteiger charge is -2.31. The van der Waals surface area contributed by atoms with Crippen LogP contribution in [-0.2, 0) is 4.79 Å². The third kappa shape index (κ3) is 6.97. The zero-order chi connectivity index (χ0) is 28.0. The molecule has 0 bridgehead atoms. The van der Waals surface area contributed by atoms with E-state index in [1.165, 1.54) is 17.7 Å². The normalized spacial score (nSPS) is 21.1. The van der Waals surface area contributed by atoms with Gasteiger partial charge in [0.15, 0.2) is 0 Å². The van der Waals surface area contributed by atoms with E-state index in [9.17, 15) is 14.0 Å². The Morgan fingerprint density at radius 1 is 0.900 bits per heavy atom. The largest absolute Gasteiger partial charge is 0.341 e. The molecule has 2 aliphatic rings. The Morgan fingerprint density at radius 2 is 1.57 bits per heavy atom. The van der Waals surface area contributed by atoms with Gasteiger partial charge in [0, 0.05) is 30.1 Å². The minimum absolute atomic E-state index is 0.0287. The maximum Gasteiger partial charge on any atom is 0.251 e. The summed E-state index contributed by atoms with van der Waals surface area (Å²) in [7, 11) is 0. The summed E-state index contributed by atoms with van der Waals surface area (Å²) >= 11 is 0. The molecule has 5 nitrogen and oxygen atoms in total. The Morgan fingerprint density at radius 3 is 2.27 bits per heavy atom. The number of rotatable bonds is 11. The quantitative estimate of drug-likeness (QED) is 0.280. The van der Waals surface area contributed by atoms with E-state index in [0.29, 0.717) is 17.9 Å². The van der Waals surface area contributed by atoms with Crippen LogP contribution in [0.15, 0.2) is 78.9 Å². The Labute approximate surface area is 237 Å². The van der Waals surface area contributed by atoms with Gasteiger partial charge in [-0.15, -0.1) is 0 Å². The van der Waals surface area contributed by atoms with Crippen LogP contribution in [0.2, 0.25) is 0 Å². The molecular formula is C34H40FN3O2. The summed E-state index contributed by atoms with van der Waals surface area (Å²) < 4.78 is 13.3. The molecule has 1 saturated heterocycles. The van der Waals surface area contributed by atoms with Crippen LogP contribution in [0.5, 0.6) is 0 Å². The van der Waals surface area contributed by atoms with Crippen molar-refractivity contribution < 1.29 is 14.0 Å². The number of unbranched alkanes of at least 4 members (excludes halogenated alkanes) is 1. The molecule has 0 unspecified atom stereocenters. The van der Waals surface area contributed by atoms with E-state index in [0.717, 1.165) is 69.3 Å². The van der Waals surface area contributed by atoms with Crippen LogP contribution in [0.1, 0.15) is 73.7 Å². The van der Waals surface area contributed by atoms with Crippen LogP contribution in [0.25, 0.3) is 11.1 Å². The summed E-state index contributed by atoms with van der Waals surface area (Å²) in [6.07, 6.45) is 6.59. The highest BCUT2D eigenvalue weighted by molar-refractivity contribution is 5.98. The molecule has 0 aromatic heterocycles. The van der Waals surface area contributed by atoms with Crippen molar-refractivity contribution in [3.63, 3.8) is 0 Å². The van der Waals surface area contributed by atoms with E-state index in [1.54, 1.807) is 0 Å². The van der Waals surface area contributed by atoms with Gasteiger partial charge in [-0.3, -0.25) is 9.59 Å². The average molecular weight is 542 g/mol. The second-order valence-corrected chi connectivity index (χ2v) is 11.5. The number of hydrogen-bond donors (Lipinski definition) is 2. The molecule has 1 aliphatic heterocycles. The first-order valence-corrected chi connectivity index (χ1v) is 14.7. The molecule has 2 amide bonds. The predicted octanol–water partition coefficient (Wildman–Crippen LogP) is 6.31. The lowest BCUT2D eigenvalue weighted by Crippen LogP contribution is -2.50. The molecule has 1 aliphatic carbocycles. The van der Waals surface area contributed by atoms with Gasteiger partial charge in [0.1, 0.15) is 11.9 Å². The topological polar surface area (TPSA) is 61.4 Å². The summed E-state index contributed by atoms with van der Waals surface area (Å²) in [6.45, 7) is 4.59. The van der Waals surface area contributed by atoms with Crippen molar-refractivity contribution >= 4 is 11.8 Å². The number of amides is 2. The van der Waals surface area contributed by atoms with Crippen LogP contribution in [0.3, 0.4) is 0 Å². The van der Waals surface area contributed by atoms with Crippen molar-refractivity contribution in [2.24, 2.45) is 0 Å². The van der Waals surface area contributed by atoms with Gasteiger partial charge >= 0.3 is 0 Å². The lowest BCUT2D eigenvalue weighted by atomic mass is 10.0.